The highest BCUT2D eigenvalue weighted by atomic mass is 16.4. The zero-order valence-electron chi connectivity index (χ0n) is 17.4. The van der Waals surface area contributed by atoms with Gasteiger partial charge in [0.1, 0.15) is 0 Å². The van der Waals surface area contributed by atoms with Crippen molar-refractivity contribution in [2.24, 2.45) is 23.7 Å². The minimum atomic E-state index is -0.728. The first-order valence-electron chi connectivity index (χ1n) is 10.9. The zero-order chi connectivity index (χ0) is 20.5. The molecule has 0 radical (unpaired) electrons. The number of aliphatic hydroxyl groups is 2. The number of carboxylic acids is 1. The van der Waals surface area contributed by atoms with E-state index in [-0.39, 0.29) is 12.3 Å². The van der Waals surface area contributed by atoms with E-state index >= 15 is 0 Å². The molecule has 0 bridgehead atoms. The van der Waals surface area contributed by atoms with Gasteiger partial charge in [0.2, 0.25) is 0 Å². The molecule has 2 aliphatic rings. The lowest BCUT2D eigenvalue weighted by Crippen LogP contribution is -2.24. The summed E-state index contributed by atoms with van der Waals surface area (Å²) in [5.41, 5.74) is 1.39. The largest absolute Gasteiger partial charge is 0.512 e. The van der Waals surface area contributed by atoms with Crippen molar-refractivity contribution in [1.29, 1.82) is 0 Å². The molecule has 4 nitrogen and oxygen atoms in total. The fourth-order valence-corrected chi connectivity index (χ4v) is 4.64. The van der Waals surface area contributed by atoms with Gasteiger partial charge < -0.3 is 15.3 Å². The van der Waals surface area contributed by atoms with E-state index in [9.17, 15) is 15.0 Å². The minimum Gasteiger partial charge on any atom is -0.512 e. The number of rotatable bonds is 9. The lowest BCUT2D eigenvalue weighted by atomic mass is 9.77. The number of aliphatic carboxylic acids is 1. The highest BCUT2D eigenvalue weighted by Crippen LogP contribution is 2.48. The third-order valence-corrected chi connectivity index (χ3v) is 6.15. The van der Waals surface area contributed by atoms with Crippen LogP contribution in [-0.4, -0.2) is 27.4 Å². The predicted molar refractivity (Wildman–Crippen MR) is 112 cm³/mol. The first kappa shape index (κ1) is 22.6. The van der Waals surface area contributed by atoms with Crippen LogP contribution in [0.3, 0.4) is 0 Å². The van der Waals surface area contributed by atoms with Crippen LogP contribution >= 0.6 is 0 Å². The molecule has 0 aromatic carbocycles. The molecular weight excluding hydrogens is 352 g/mol. The summed E-state index contributed by atoms with van der Waals surface area (Å²) in [5.74, 6) is 6.76. The lowest BCUT2D eigenvalue weighted by Gasteiger charge is -2.29. The van der Waals surface area contributed by atoms with Crippen molar-refractivity contribution in [1.82, 2.24) is 0 Å². The summed E-state index contributed by atoms with van der Waals surface area (Å²) >= 11 is 0. The Bertz CT molecular complexity index is 637. The van der Waals surface area contributed by atoms with Gasteiger partial charge in [-0.15, -0.1) is 11.8 Å². The van der Waals surface area contributed by atoms with Gasteiger partial charge in [-0.3, -0.25) is 4.79 Å². The number of fused-ring (bicyclic) bond motifs is 1. The molecule has 0 spiro atoms. The summed E-state index contributed by atoms with van der Waals surface area (Å²) in [7, 11) is 0. The van der Waals surface area contributed by atoms with Crippen molar-refractivity contribution in [3.05, 3.63) is 23.5 Å². The number of carbonyl (C=O) groups is 1. The molecule has 0 amide bonds. The van der Waals surface area contributed by atoms with Gasteiger partial charge in [-0.25, -0.2) is 0 Å². The normalized spacial score (nSPS) is 28.1. The molecule has 0 saturated heterocycles. The van der Waals surface area contributed by atoms with Crippen LogP contribution in [0.15, 0.2) is 23.5 Å². The molecule has 1 saturated carbocycles. The molecule has 3 N–H and O–H groups in total. The van der Waals surface area contributed by atoms with Gasteiger partial charge in [-0.1, -0.05) is 25.5 Å². The maximum Gasteiger partial charge on any atom is 0.303 e. The van der Waals surface area contributed by atoms with Crippen LogP contribution < -0.4 is 0 Å². The van der Waals surface area contributed by atoms with Crippen molar-refractivity contribution >= 4 is 5.97 Å². The fourth-order valence-electron chi connectivity index (χ4n) is 4.64. The first-order chi connectivity index (χ1) is 13.4. The average molecular weight is 389 g/mol. The molecule has 0 aliphatic heterocycles. The van der Waals surface area contributed by atoms with Crippen LogP contribution in [-0.2, 0) is 4.79 Å². The predicted octanol–water partition coefficient (Wildman–Crippen LogP) is 5.24. The summed E-state index contributed by atoms with van der Waals surface area (Å²) < 4.78 is 0. The Morgan fingerprint density at radius 2 is 2.11 bits per heavy atom. The Balaban J connectivity index is 1.89. The highest BCUT2D eigenvalue weighted by molar-refractivity contribution is 5.66. The van der Waals surface area contributed by atoms with Crippen LogP contribution in [0.1, 0.15) is 78.1 Å². The lowest BCUT2D eigenvalue weighted by molar-refractivity contribution is -0.137. The van der Waals surface area contributed by atoms with E-state index in [2.05, 4.69) is 24.8 Å². The molecule has 1 unspecified atom stereocenters. The Kier molecular flexibility index (Phi) is 9.12. The first-order valence-corrected chi connectivity index (χ1v) is 10.9. The Hall–Kier alpha value is -1.73. The summed E-state index contributed by atoms with van der Waals surface area (Å²) in [5, 5.41) is 30.0. The Morgan fingerprint density at radius 1 is 1.32 bits per heavy atom. The van der Waals surface area contributed by atoms with Gasteiger partial charge in [0.15, 0.2) is 0 Å². The maximum absolute atomic E-state index is 10.7. The van der Waals surface area contributed by atoms with Gasteiger partial charge >= 0.3 is 5.97 Å². The molecule has 1 fully saturated rings. The average Bonchev–Trinajstić information content (AvgIpc) is 2.98. The van der Waals surface area contributed by atoms with Gasteiger partial charge in [-0.05, 0) is 68.8 Å². The standard InChI is InChI=1S/C24H36O4/c1-3-4-5-8-17(2)11-14-21(25)24-20-13-12-18(9-6-7-10-23(27)28)15-19(20)16-22(24)26/h14-15,17,19-20,22,24-26H,3,6-13,16H2,1-2H3,(H,27,28)/t17?,19-,20-,22+,24-/m1/s1. The van der Waals surface area contributed by atoms with Crippen LogP contribution in [0.5, 0.6) is 0 Å². The zero-order valence-corrected chi connectivity index (χ0v) is 17.4. The number of unbranched alkanes of at least 4 members (excludes halogenated alkanes) is 1. The molecule has 0 aromatic rings. The Morgan fingerprint density at radius 3 is 2.82 bits per heavy atom. The van der Waals surface area contributed by atoms with E-state index in [0.29, 0.717) is 29.9 Å². The van der Waals surface area contributed by atoms with Crippen LogP contribution in [0.2, 0.25) is 0 Å². The third-order valence-electron chi connectivity index (χ3n) is 6.15. The molecule has 2 aliphatic carbocycles. The second-order valence-corrected chi connectivity index (χ2v) is 8.50. The van der Waals surface area contributed by atoms with E-state index in [1.807, 2.05) is 13.0 Å². The van der Waals surface area contributed by atoms with Crippen molar-refractivity contribution < 1.29 is 20.1 Å². The van der Waals surface area contributed by atoms with Gasteiger partial charge in [0.05, 0.1) is 11.9 Å². The number of aliphatic hydroxyl groups excluding tert-OH is 2. The van der Waals surface area contributed by atoms with E-state index in [0.717, 1.165) is 51.4 Å². The van der Waals surface area contributed by atoms with Gasteiger partial charge in [-0.2, -0.15) is 0 Å². The van der Waals surface area contributed by atoms with E-state index in [1.165, 1.54) is 5.57 Å². The second-order valence-electron chi connectivity index (χ2n) is 8.50. The summed E-state index contributed by atoms with van der Waals surface area (Å²) in [6.07, 6.45) is 11.7. The smallest absolute Gasteiger partial charge is 0.303 e. The van der Waals surface area contributed by atoms with Crippen molar-refractivity contribution in [3.63, 3.8) is 0 Å². The van der Waals surface area contributed by atoms with E-state index in [4.69, 9.17) is 5.11 Å². The van der Waals surface area contributed by atoms with Gasteiger partial charge in [0.25, 0.3) is 0 Å². The quantitative estimate of drug-likeness (QED) is 0.219. The van der Waals surface area contributed by atoms with Crippen LogP contribution in [0.4, 0.5) is 0 Å². The molecule has 0 aromatic heterocycles. The number of hydrogen-bond acceptors (Lipinski definition) is 3. The monoisotopic (exact) mass is 388 g/mol. The van der Waals surface area contributed by atoms with Crippen molar-refractivity contribution in [2.75, 3.05) is 0 Å². The Labute approximate surface area is 169 Å². The molecule has 2 rings (SSSR count). The summed E-state index contributed by atoms with van der Waals surface area (Å²) in [6, 6.07) is 0. The molecule has 28 heavy (non-hydrogen) atoms. The van der Waals surface area contributed by atoms with Crippen molar-refractivity contribution in [3.8, 4) is 11.8 Å². The summed E-state index contributed by atoms with van der Waals surface area (Å²) in [6.45, 7) is 4.18. The maximum atomic E-state index is 10.7. The number of allylic oxidation sites excluding steroid dienone is 3. The molecule has 4 heteroatoms. The van der Waals surface area contributed by atoms with E-state index in [1.54, 1.807) is 0 Å². The number of carboxylic acid groups (broad SMARTS) is 1. The van der Waals surface area contributed by atoms with Crippen LogP contribution in [0.25, 0.3) is 0 Å². The molecule has 156 valence electrons. The molecule has 0 heterocycles. The van der Waals surface area contributed by atoms with Gasteiger partial charge in [0, 0.05) is 25.2 Å². The van der Waals surface area contributed by atoms with Crippen LogP contribution in [0, 0.1) is 35.5 Å². The highest BCUT2D eigenvalue weighted by Gasteiger charge is 2.44. The SMILES string of the molecule is CCC#CCC(C)CC=C(O)[C@H]1[C@@H]2CCC(CCCCC(=O)O)=C[C@@H]2C[C@@H]1O. The second kappa shape index (κ2) is 11.3. The fraction of sp³-hybridized carbons (Fsp3) is 0.708. The van der Waals surface area contributed by atoms with Crippen molar-refractivity contribution in [2.45, 2.75) is 84.2 Å². The minimum absolute atomic E-state index is 0.149. The summed E-state index contributed by atoms with van der Waals surface area (Å²) in [4.78, 5) is 10.6. The molecule has 5 atom stereocenters. The third kappa shape index (κ3) is 6.71. The van der Waals surface area contributed by atoms with E-state index < -0.39 is 12.1 Å². The topological polar surface area (TPSA) is 77.8 Å². The number of hydrogen-bond donors (Lipinski definition) is 3. The molecular formula is C24H36O4.